The third-order valence-corrected chi connectivity index (χ3v) is 1.12. The van der Waals surface area contributed by atoms with Crippen LogP contribution in [0.3, 0.4) is 0 Å². The van der Waals surface area contributed by atoms with E-state index in [1.165, 1.54) is 0 Å². The van der Waals surface area contributed by atoms with Gasteiger partial charge in [0.15, 0.2) is 0 Å². The molecule has 48 valence electrons. The Kier molecular flexibility index (Phi) is 1.58. The molecule has 0 spiro atoms. The molecule has 1 heterocycles. The lowest BCUT2D eigenvalue weighted by molar-refractivity contribution is 0.558. The second-order valence-electron chi connectivity index (χ2n) is 1.77. The van der Waals surface area contributed by atoms with Crippen LogP contribution in [-0.4, -0.2) is 20.2 Å². The summed E-state index contributed by atoms with van der Waals surface area (Å²) in [7, 11) is 0. The number of aromatic nitrogens is 4. The van der Waals surface area contributed by atoms with Gasteiger partial charge in [-0.1, -0.05) is 6.08 Å². The lowest BCUT2D eigenvalue weighted by atomic mass is 10.3. The van der Waals surface area contributed by atoms with Gasteiger partial charge >= 0.3 is 0 Å². The molecule has 0 amide bonds. The zero-order chi connectivity index (χ0) is 6.69. The van der Waals surface area contributed by atoms with Crippen LogP contribution < -0.4 is 0 Å². The molecule has 0 aromatic carbocycles. The van der Waals surface area contributed by atoms with Gasteiger partial charge in [-0.25, -0.2) is 4.68 Å². The van der Waals surface area contributed by atoms with E-state index < -0.39 is 0 Å². The smallest absolute Gasteiger partial charge is 0.138 e. The van der Waals surface area contributed by atoms with Crippen molar-refractivity contribution >= 4 is 0 Å². The highest BCUT2D eigenvalue weighted by molar-refractivity contribution is 4.78. The first-order valence-electron chi connectivity index (χ1n) is 2.69. The Morgan fingerprint density at radius 2 is 2.56 bits per heavy atom. The number of hydrogen-bond acceptors (Lipinski definition) is 3. The summed E-state index contributed by atoms with van der Waals surface area (Å²) in [4.78, 5) is 0. The molecular weight excluding hydrogens is 116 g/mol. The topological polar surface area (TPSA) is 43.6 Å². The Morgan fingerprint density at radius 3 is 3.00 bits per heavy atom. The Hall–Kier alpha value is -1.19. The summed E-state index contributed by atoms with van der Waals surface area (Å²) < 4.78 is 1.63. The van der Waals surface area contributed by atoms with Crippen LogP contribution in [0, 0.1) is 0 Å². The molecule has 0 N–H and O–H groups in total. The molecule has 1 aromatic heterocycles. The van der Waals surface area contributed by atoms with Gasteiger partial charge in [-0.3, -0.25) is 0 Å². The Morgan fingerprint density at radius 1 is 1.78 bits per heavy atom. The van der Waals surface area contributed by atoms with E-state index in [2.05, 4.69) is 22.1 Å². The molecule has 1 aromatic rings. The summed E-state index contributed by atoms with van der Waals surface area (Å²) in [6.45, 7) is 5.56. The Bertz CT molecular complexity index is 179. The quantitative estimate of drug-likeness (QED) is 0.536. The normalized spacial score (nSPS) is 13.0. The van der Waals surface area contributed by atoms with E-state index in [9.17, 15) is 0 Å². The van der Waals surface area contributed by atoms with E-state index >= 15 is 0 Å². The lowest BCUT2D eigenvalue weighted by Crippen LogP contribution is -2.01. The van der Waals surface area contributed by atoms with Gasteiger partial charge in [-0.05, 0) is 17.4 Å². The standard InChI is InChI=1S/C5H8N4/c1-3-5(2)9-4-6-7-8-9/h3-5H,1H2,2H3. The van der Waals surface area contributed by atoms with E-state index in [-0.39, 0.29) is 6.04 Å². The van der Waals surface area contributed by atoms with Crippen LogP contribution in [0.2, 0.25) is 0 Å². The van der Waals surface area contributed by atoms with Crippen LogP contribution in [0.5, 0.6) is 0 Å². The van der Waals surface area contributed by atoms with Crippen molar-refractivity contribution in [2.24, 2.45) is 0 Å². The average Bonchev–Trinajstić information content (AvgIpc) is 2.37. The molecule has 1 atom stereocenters. The molecule has 1 unspecified atom stereocenters. The molecule has 0 saturated heterocycles. The lowest BCUT2D eigenvalue weighted by Gasteiger charge is -2.00. The fourth-order valence-corrected chi connectivity index (χ4v) is 0.463. The van der Waals surface area contributed by atoms with Crippen LogP contribution in [-0.2, 0) is 0 Å². The molecule has 0 radical (unpaired) electrons. The monoisotopic (exact) mass is 124 g/mol. The first-order valence-corrected chi connectivity index (χ1v) is 2.69. The average molecular weight is 124 g/mol. The minimum atomic E-state index is 0.181. The minimum Gasteiger partial charge on any atom is -0.226 e. The fourth-order valence-electron chi connectivity index (χ4n) is 0.463. The zero-order valence-corrected chi connectivity index (χ0v) is 5.23. The molecular formula is C5H8N4. The number of rotatable bonds is 2. The van der Waals surface area contributed by atoms with Crippen molar-refractivity contribution in [2.75, 3.05) is 0 Å². The van der Waals surface area contributed by atoms with Gasteiger partial charge in [-0.15, -0.1) is 11.7 Å². The van der Waals surface area contributed by atoms with Crippen LogP contribution in [0.1, 0.15) is 13.0 Å². The molecule has 0 aliphatic carbocycles. The minimum absolute atomic E-state index is 0.181. The van der Waals surface area contributed by atoms with Gasteiger partial charge in [0, 0.05) is 0 Å². The molecule has 9 heavy (non-hydrogen) atoms. The highest BCUT2D eigenvalue weighted by Crippen LogP contribution is 1.99. The summed E-state index contributed by atoms with van der Waals surface area (Å²) in [6, 6.07) is 0.181. The van der Waals surface area contributed by atoms with Gasteiger partial charge < -0.3 is 0 Å². The predicted octanol–water partition coefficient (Wildman–Crippen LogP) is 0.420. The van der Waals surface area contributed by atoms with Crippen molar-refractivity contribution in [3.63, 3.8) is 0 Å². The van der Waals surface area contributed by atoms with E-state index in [0.717, 1.165) is 0 Å². The summed E-state index contributed by atoms with van der Waals surface area (Å²) >= 11 is 0. The molecule has 1 rings (SSSR count). The van der Waals surface area contributed by atoms with Crippen LogP contribution >= 0.6 is 0 Å². The first kappa shape index (κ1) is 5.94. The fraction of sp³-hybridized carbons (Fsp3) is 0.400. The first-order chi connectivity index (χ1) is 4.34. The molecule has 0 bridgehead atoms. The molecule has 0 fully saturated rings. The maximum Gasteiger partial charge on any atom is 0.138 e. The summed E-state index contributed by atoms with van der Waals surface area (Å²) in [5.41, 5.74) is 0. The van der Waals surface area contributed by atoms with E-state index in [1.54, 1.807) is 17.1 Å². The van der Waals surface area contributed by atoms with Crippen LogP contribution in [0.4, 0.5) is 0 Å². The summed E-state index contributed by atoms with van der Waals surface area (Å²) in [5.74, 6) is 0. The van der Waals surface area contributed by atoms with Crippen molar-refractivity contribution in [1.82, 2.24) is 20.2 Å². The van der Waals surface area contributed by atoms with Gasteiger partial charge in [-0.2, -0.15) is 0 Å². The highest BCUT2D eigenvalue weighted by atomic mass is 15.5. The Labute approximate surface area is 53.2 Å². The van der Waals surface area contributed by atoms with Gasteiger partial charge in [0.1, 0.15) is 6.33 Å². The van der Waals surface area contributed by atoms with E-state index in [0.29, 0.717) is 0 Å². The number of allylic oxidation sites excluding steroid dienone is 1. The second kappa shape index (κ2) is 2.39. The third-order valence-electron chi connectivity index (χ3n) is 1.12. The molecule has 0 saturated carbocycles. The number of nitrogens with zero attached hydrogens (tertiary/aromatic N) is 4. The largest absolute Gasteiger partial charge is 0.226 e. The van der Waals surface area contributed by atoms with E-state index in [1.807, 2.05) is 6.92 Å². The maximum atomic E-state index is 3.67. The van der Waals surface area contributed by atoms with Crippen molar-refractivity contribution in [2.45, 2.75) is 13.0 Å². The molecule has 0 aliphatic heterocycles. The zero-order valence-electron chi connectivity index (χ0n) is 5.23. The summed E-state index contributed by atoms with van der Waals surface area (Å²) in [5, 5.41) is 10.6. The SMILES string of the molecule is C=CC(C)n1cnnn1. The summed E-state index contributed by atoms with van der Waals surface area (Å²) in [6.07, 6.45) is 3.34. The van der Waals surface area contributed by atoms with Gasteiger partial charge in [0.05, 0.1) is 6.04 Å². The van der Waals surface area contributed by atoms with Crippen LogP contribution in [0.25, 0.3) is 0 Å². The van der Waals surface area contributed by atoms with Crippen molar-refractivity contribution < 1.29 is 0 Å². The number of tetrazole rings is 1. The van der Waals surface area contributed by atoms with Crippen molar-refractivity contribution in [1.29, 1.82) is 0 Å². The van der Waals surface area contributed by atoms with E-state index in [4.69, 9.17) is 0 Å². The van der Waals surface area contributed by atoms with Crippen LogP contribution in [0.15, 0.2) is 19.0 Å². The predicted molar refractivity (Wildman–Crippen MR) is 32.7 cm³/mol. The van der Waals surface area contributed by atoms with Crippen molar-refractivity contribution in [3.05, 3.63) is 19.0 Å². The van der Waals surface area contributed by atoms with Gasteiger partial charge in [0.25, 0.3) is 0 Å². The molecule has 4 nitrogen and oxygen atoms in total. The maximum absolute atomic E-state index is 3.67. The second-order valence-corrected chi connectivity index (χ2v) is 1.77. The number of hydrogen-bond donors (Lipinski definition) is 0. The molecule has 4 heteroatoms. The Balaban J connectivity index is 2.76. The third kappa shape index (κ3) is 1.13. The molecule has 0 aliphatic rings. The van der Waals surface area contributed by atoms with Gasteiger partial charge in [0.2, 0.25) is 0 Å². The van der Waals surface area contributed by atoms with Crippen molar-refractivity contribution in [3.8, 4) is 0 Å². The highest BCUT2D eigenvalue weighted by Gasteiger charge is 1.96.